The first-order valence-corrected chi connectivity index (χ1v) is 4.16. The molecule has 0 aromatic heterocycles. The molecular weight excluding hydrogens is 182 g/mol. The van der Waals surface area contributed by atoms with E-state index in [1.165, 1.54) is 0 Å². The second-order valence-electron chi connectivity index (χ2n) is 3.14. The summed E-state index contributed by atoms with van der Waals surface area (Å²) in [4.78, 5) is 28.2. The minimum absolute atomic E-state index is 0.393. The molecule has 0 radical (unpaired) electrons. The normalized spacial score (nSPS) is 10.7. The molecule has 2 rings (SSSR count). The summed E-state index contributed by atoms with van der Waals surface area (Å²) in [7, 11) is 1.77. The fourth-order valence-corrected chi connectivity index (χ4v) is 1.34. The third kappa shape index (κ3) is 1.14. The maximum Gasteiger partial charge on any atom is 0.349 e. The average Bonchev–Trinajstić information content (AvgIpc) is 2.12. The van der Waals surface area contributed by atoms with E-state index in [0.29, 0.717) is 11.4 Å². The Morgan fingerprint density at radius 1 is 1.36 bits per heavy atom. The first-order valence-electron chi connectivity index (χ1n) is 4.16. The second-order valence-corrected chi connectivity index (χ2v) is 3.14. The summed E-state index contributed by atoms with van der Waals surface area (Å²) in [5.41, 5.74) is 0.368. The van der Waals surface area contributed by atoms with E-state index in [0.717, 1.165) is 5.69 Å². The first-order chi connectivity index (χ1) is 6.59. The van der Waals surface area contributed by atoms with Crippen molar-refractivity contribution in [3.63, 3.8) is 0 Å². The molecular formula is C9H9N3O2. The van der Waals surface area contributed by atoms with Gasteiger partial charge in [0.15, 0.2) is 5.82 Å². The molecule has 0 spiro atoms. The molecule has 0 fully saturated rings. The molecule has 2 heterocycles. The van der Waals surface area contributed by atoms with Crippen molar-refractivity contribution in [2.75, 3.05) is 0 Å². The van der Waals surface area contributed by atoms with E-state index in [1.54, 1.807) is 17.7 Å². The summed E-state index contributed by atoms with van der Waals surface area (Å²) < 4.78 is 1.71. The second kappa shape index (κ2) is 2.80. The lowest BCUT2D eigenvalue weighted by molar-refractivity contribution is 0.819. The van der Waals surface area contributed by atoms with Crippen LogP contribution >= 0.6 is 0 Å². The van der Waals surface area contributed by atoms with Crippen molar-refractivity contribution in [1.82, 2.24) is 14.5 Å². The molecule has 5 nitrogen and oxygen atoms in total. The molecule has 5 heteroatoms. The van der Waals surface area contributed by atoms with Crippen molar-refractivity contribution in [3.8, 4) is 11.4 Å². The Hall–Kier alpha value is -1.91. The quantitative estimate of drug-likeness (QED) is 0.631. The zero-order valence-corrected chi connectivity index (χ0v) is 7.87. The number of nitrogens with zero attached hydrogens (tertiary/aromatic N) is 2. The van der Waals surface area contributed by atoms with Crippen LogP contribution in [0.1, 0.15) is 5.69 Å². The maximum atomic E-state index is 11.4. The van der Waals surface area contributed by atoms with Crippen LogP contribution in [0.3, 0.4) is 0 Å². The molecule has 0 bridgehead atoms. The lowest BCUT2D eigenvalue weighted by Crippen LogP contribution is -2.27. The van der Waals surface area contributed by atoms with E-state index in [4.69, 9.17) is 0 Å². The number of H-pyrrole nitrogens is 1. The summed E-state index contributed by atoms with van der Waals surface area (Å²) >= 11 is 0. The van der Waals surface area contributed by atoms with Gasteiger partial charge >= 0.3 is 5.69 Å². The van der Waals surface area contributed by atoms with Crippen LogP contribution in [0.4, 0.5) is 0 Å². The zero-order chi connectivity index (χ0) is 10.3. The maximum absolute atomic E-state index is 11.4. The van der Waals surface area contributed by atoms with Crippen molar-refractivity contribution in [3.05, 3.63) is 38.7 Å². The number of pyridine rings is 1. The van der Waals surface area contributed by atoms with Crippen molar-refractivity contribution >= 4 is 0 Å². The zero-order valence-electron chi connectivity index (χ0n) is 7.87. The molecule has 72 valence electrons. The molecule has 14 heavy (non-hydrogen) atoms. The van der Waals surface area contributed by atoms with Crippen LogP contribution in [0.25, 0.3) is 11.4 Å². The van der Waals surface area contributed by atoms with Gasteiger partial charge in [-0.3, -0.25) is 9.78 Å². The van der Waals surface area contributed by atoms with Gasteiger partial charge in [-0.2, -0.15) is 4.98 Å². The largest absolute Gasteiger partial charge is 0.349 e. The van der Waals surface area contributed by atoms with E-state index in [2.05, 4.69) is 9.97 Å². The number of hydrogen-bond acceptors (Lipinski definition) is 3. The lowest BCUT2D eigenvalue weighted by atomic mass is 10.2. The van der Waals surface area contributed by atoms with Crippen molar-refractivity contribution in [1.29, 1.82) is 0 Å². The third-order valence-electron chi connectivity index (χ3n) is 2.25. The Labute approximate surface area is 79.4 Å². The van der Waals surface area contributed by atoms with Crippen molar-refractivity contribution in [2.24, 2.45) is 7.05 Å². The lowest BCUT2D eigenvalue weighted by Gasteiger charge is -2.10. The molecule has 0 amide bonds. The summed E-state index contributed by atoms with van der Waals surface area (Å²) in [6.45, 7) is 1.88. The molecule has 0 saturated carbocycles. The highest BCUT2D eigenvalue weighted by Crippen LogP contribution is 2.13. The third-order valence-corrected chi connectivity index (χ3v) is 2.25. The Kier molecular flexibility index (Phi) is 1.73. The van der Waals surface area contributed by atoms with Crippen LogP contribution in [0.5, 0.6) is 0 Å². The molecule has 0 unspecified atom stereocenters. The molecule has 0 aromatic rings. The molecule has 2 aliphatic rings. The van der Waals surface area contributed by atoms with Gasteiger partial charge in [-0.05, 0) is 19.1 Å². The minimum atomic E-state index is -0.608. The number of aromatic nitrogens is 3. The van der Waals surface area contributed by atoms with Gasteiger partial charge in [0.1, 0.15) is 0 Å². The molecule has 0 aliphatic carbocycles. The first kappa shape index (κ1) is 8.68. The number of hydrogen-bond donors (Lipinski definition) is 1. The standard InChI is InChI=1S/C9H9N3O2/c1-5-3-4-6-7(12(5)2)10-9(14)11-8(6)13/h3-4H,1-2H3,(H,11,13,14). The average molecular weight is 191 g/mol. The highest BCUT2D eigenvalue weighted by Gasteiger charge is 2.11. The highest BCUT2D eigenvalue weighted by molar-refractivity contribution is 5.55. The summed E-state index contributed by atoms with van der Waals surface area (Å²) in [6, 6.07) is 3.47. The van der Waals surface area contributed by atoms with Crippen LogP contribution < -0.4 is 11.2 Å². The summed E-state index contributed by atoms with van der Waals surface area (Å²) in [6.07, 6.45) is 0. The predicted octanol–water partition coefficient (Wildman–Crippen LogP) is -0.118. The molecule has 0 atom stereocenters. The number of fused-ring (bicyclic) bond motifs is 1. The number of nitrogens with one attached hydrogen (secondary N) is 1. The van der Waals surface area contributed by atoms with Crippen LogP contribution in [-0.4, -0.2) is 14.5 Å². The SMILES string of the molecule is Cc1ccc2c(=O)[nH]c(=O)nc-2n1C. The van der Waals surface area contributed by atoms with Crippen LogP contribution in [0.2, 0.25) is 0 Å². The molecule has 0 saturated heterocycles. The van der Waals surface area contributed by atoms with Gasteiger partial charge in [-0.1, -0.05) is 0 Å². The van der Waals surface area contributed by atoms with Crippen molar-refractivity contribution in [2.45, 2.75) is 6.92 Å². The fourth-order valence-electron chi connectivity index (χ4n) is 1.34. The van der Waals surface area contributed by atoms with Gasteiger partial charge in [0, 0.05) is 12.7 Å². The van der Waals surface area contributed by atoms with E-state index >= 15 is 0 Å². The Morgan fingerprint density at radius 3 is 2.79 bits per heavy atom. The van der Waals surface area contributed by atoms with E-state index in [1.807, 2.05) is 13.0 Å². The number of aromatic amines is 1. The molecule has 2 aliphatic heterocycles. The van der Waals surface area contributed by atoms with E-state index < -0.39 is 11.2 Å². The van der Waals surface area contributed by atoms with E-state index in [9.17, 15) is 9.59 Å². The van der Waals surface area contributed by atoms with Crippen LogP contribution in [0, 0.1) is 6.92 Å². The Bertz CT molecular complexity index is 567. The van der Waals surface area contributed by atoms with Crippen LogP contribution in [-0.2, 0) is 7.05 Å². The highest BCUT2D eigenvalue weighted by atomic mass is 16.2. The van der Waals surface area contributed by atoms with Crippen LogP contribution in [0.15, 0.2) is 21.7 Å². The van der Waals surface area contributed by atoms with Crippen molar-refractivity contribution < 1.29 is 0 Å². The fraction of sp³-hybridized carbons (Fsp3) is 0.222. The smallest absolute Gasteiger partial charge is 0.333 e. The minimum Gasteiger partial charge on any atom is -0.333 e. The number of rotatable bonds is 0. The van der Waals surface area contributed by atoms with E-state index in [-0.39, 0.29) is 0 Å². The molecule has 0 aromatic carbocycles. The van der Waals surface area contributed by atoms with Gasteiger partial charge in [0.25, 0.3) is 5.56 Å². The summed E-state index contributed by atoms with van der Waals surface area (Å²) in [5.74, 6) is 0.416. The summed E-state index contributed by atoms with van der Waals surface area (Å²) in [5, 5.41) is 0. The number of aryl methyl sites for hydroxylation is 1. The van der Waals surface area contributed by atoms with Gasteiger partial charge in [0.05, 0.1) is 5.56 Å². The van der Waals surface area contributed by atoms with Gasteiger partial charge < -0.3 is 4.57 Å². The topological polar surface area (TPSA) is 67.8 Å². The van der Waals surface area contributed by atoms with Gasteiger partial charge in [0.2, 0.25) is 0 Å². The molecule has 1 N–H and O–H groups in total. The van der Waals surface area contributed by atoms with Gasteiger partial charge in [-0.25, -0.2) is 4.79 Å². The van der Waals surface area contributed by atoms with Gasteiger partial charge in [-0.15, -0.1) is 0 Å². The monoisotopic (exact) mass is 191 g/mol. The Balaban J connectivity index is 3.01. The Morgan fingerprint density at radius 2 is 2.07 bits per heavy atom. The predicted molar refractivity (Wildman–Crippen MR) is 51.5 cm³/mol.